The fourth-order valence-corrected chi connectivity index (χ4v) is 4.14. The highest BCUT2D eigenvalue weighted by Crippen LogP contribution is 2.45. The molecule has 0 N–H and O–H groups in total. The van der Waals surface area contributed by atoms with Gasteiger partial charge in [0, 0.05) is 28.2 Å². The number of hydrogen-bond acceptors (Lipinski definition) is 2. The van der Waals surface area contributed by atoms with Crippen LogP contribution in [0.25, 0.3) is 22.9 Å². The Morgan fingerprint density at radius 2 is 1.68 bits per heavy atom. The molecule has 1 unspecified atom stereocenters. The van der Waals surface area contributed by atoms with Crippen molar-refractivity contribution in [2.45, 2.75) is 38.4 Å². The summed E-state index contributed by atoms with van der Waals surface area (Å²) in [6.45, 7) is 2.23. The van der Waals surface area contributed by atoms with Gasteiger partial charge in [-0.15, -0.1) is 0 Å². The van der Waals surface area contributed by atoms with E-state index in [0.717, 1.165) is 40.9 Å². The first-order chi connectivity index (χ1) is 13.8. The molecule has 3 aromatic carbocycles. The van der Waals surface area contributed by atoms with Crippen molar-refractivity contribution in [1.82, 2.24) is 0 Å². The maximum Gasteiger partial charge on any atom is 0.294 e. The summed E-state index contributed by atoms with van der Waals surface area (Å²) < 4.78 is 13.2. The summed E-state index contributed by atoms with van der Waals surface area (Å²) in [5.74, 6) is 0.913. The number of para-hydroxylation sites is 1. The molecule has 28 heavy (non-hydrogen) atoms. The van der Waals surface area contributed by atoms with Crippen molar-refractivity contribution in [2.24, 2.45) is 0 Å². The minimum absolute atomic E-state index is 0.862. The fraction of sp³-hybridized carbons (Fsp3) is 0.231. The standard InChI is InChI=1S/C26H24O2/c1-2-3-4-11-22-18-21-15-14-19-9-5-7-12-23(19)25(21)28-26(22)17-16-20-10-6-8-13-24(20)27-26/h5-10,12-18H,2-4,11H2,1H3. The monoisotopic (exact) mass is 368 g/mol. The average molecular weight is 368 g/mol. The molecule has 2 nitrogen and oxygen atoms in total. The van der Waals surface area contributed by atoms with Crippen LogP contribution in [0.3, 0.4) is 0 Å². The van der Waals surface area contributed by atoms with Gasteiger partial charge in [-0.05, 0) is 36.4 Å². The molecule has 1 spiro atoms. The van der Waals surface area contributed by atoms with E-state index in [0.29, 0.717) is 0 Å². The molecule has 2 aliphatic rings. The summed E-state index contributed by atoms with van der Waals surface area (Å²) in [4.78, 5) is 0. The van der Waals surface area contributed by atoms with Crippen molar-refractivity contribution >= 4 is 22.9 Å². The van der Waals surface area contributed by atoms with E-state index >= 15 is 0 Å². The first-order valence-electron chi connectivity index (χ1n) is 10.2. The van der Waals surface area contributed by atoms with Crippen LogP contribution >= 0.6 is 0 Å². The van der Waals surface area contributed by atoms with Crippen molar-refractivity contribution in [3.8, 4) is 11.5 Å². The van der Waals surface area contributed by atoms with Crippen LogP contribution in [0, 0.1) is 0 Å². The molecule has 0 aliphatic carbocycles. The van der Waals surface area contributed by atoms with Gasteiger partial charge in [-0.3, -0.25) is 0 Å². The van der Waals surface area contributed by atoms with E-state index in [1.807, 2.05) is 18.2 Å². The molecule has 1 atom stereocenters. The summed E-state index contributed by atoms with van der Waals surface area (Å²) in [6.07, 6.45) is 11.0. The summed E-state index contributed by atoms with van der Waals surface area (Å²) in [5, 5.41) is 2.30. The SMILES string of the molecule is CCCCCC1=Cc2ccc3ccccc3c2OC12C=Cc1ccccc1O2. The van der Waals surface area contributed by atoms with Gasteiger partial charge in [0.15, 0.2) is 0 Å². The van der Waals surface area contributed by atoms with Crippen molar-refractivity contribution in [3.05, 3.63) is 83.4 Å². The molecule has 0 aromatic heterocycles. The van der Waals surface area contributed by atoms with Crippen LogP contribution in [-0.2, 0) is 0 Å². The van der Waals surface area contributed by atoms with Crippen LogP contribution in [0.15, 0.2) is 72.3 Å². The van der Waals surface area contributed by atoms with Gasteiger partial charge in [-0.1, -0.05) is 74.4 Å². The van der Waals surface area contributed by atoms with E-state index in [4.69, 9.17) is 9.47 Å². The first kappa shape index (κ1) is 17.1. The molecule has 0 amide bonds. The van der Waals surface area contributed by atoms with Crippen LogP contribution in [-0.4, -0.2) is 5.79 Å². The minimum atomic E-state index is -0.862. The van der Waals surface area contributed by atoms with Crippen molar-refractivity contribution in [3.63, 3.8) is 0 Å². The zero-order valence-corrected chi connectivity index (χ0v) is 16.2. The van der Waals surface area contributed by atoms with Crippen LogP contribution in [0.2, 0.25) is 0 Å². The molecule has 0 bridgehead atoms. The van der Waals surface area contributed by atoms with Gasteiger partial charge in [0.05, 0.1) is 0 Å². The zero-order valence-electron chi connectivity index (χ0n) is 16.2. The Balaban J connectivity index is 1.64. The lowest BCUT2D eigenvalue weighted by Crippen LogP contribution is -2.45. The third kappa shape index (κ3) is 2.80. The Labute approximate surface area is 166 Å². The van der Waals surface area contributed by atoms with E-state index in [-0.39, 0.29) is 0 Å². The third-order valence-electron chi connectivity index (χ3n) is 5.65. The van der Waals surface area contributed by atoms with Crippen LogP contribution in [0.5, 0.6) is 11.5 Å². The Kier molecular flexibility index (Phi) is 4.20. The first-order valence-corrected chi connectivity index (χ1v) is 10.2. The van der Waals surface area contributed by atoms with E-state index in [9.17, 15) is 0 Å². The molecule has 2 heterocycles. The molecule has 2 heteroatoms. The topological polar surface area (TPSA) is 18.5 Å². The Morgan fingerprint density at radius 3 is 2.61 bits per heavy atom. The van der Waals surface area contributed by atoms with Crippen molar-refractivity contribution < 1.29 is 9.47 Å². The van der Waals surface area contributed by atoms with Gasteiger partial charge >= 0.3 is 0 Å². The van der Waals surface area contributed by atoms with Gasteiger partial charge in [0.1, 0.15) is 11.5 Å². The van der Waals surface area contributed by atoms with Gasteiger partial charge in [0.2, 0.25) is 0 Å². The molecule has 0 fully saturated rings. The molecule has 3 aromatic rings. The van der Waals surface area contributed by atoms with E-state index in [1.54, 1.807) is 0 Å². The summed E-state index contributed by atoms with van der Waals surface area (Å²) in [7, 11) is 0. The second-order valence-electron chi connectivity index (χ2n) is 7.57. The van der Waals surface area contributed by atoms with E-state index < -0.39 is 5.79 Å². The summed E-state index contributed by atoms with van der Waals surface area (Å²) in [5.41, 5.74) is 3.41. The normalized spacial score (nSPS) is 19.5. The highest BCUT2D eigenvalue weighted by molar-refractivity contribution is 5.93. The number of rotatable bonds is 4. The second kappa shape index (κ2) is 6.87. The van der Waals surface area contributed by atoms with Crippen LogP contribution in [0.1, 0.15) is 43.7 Å². The van der Waals surface area contributed by atoms with E-state index in [2.05, 4.69) is 67.6 Å². The Bertz CT molecular complexity index is 1090. The second-order valence-corrected chi connectivity index (χ2v) is 7.57. The molecule has 2 aliphatic heterocycles. The summed E-state index contributed by atoms with van der Waals surface area (Å²) >= 11 is 0. The molecular weight excluding hydrogens is 344 g/mol. The van der Waals surface area contributed by atoms with Crippen LogP contribution < -0.4 is 9.47 Å². The molecule has 0 saturated heterocycles. The number of benzene rings is 3. The number of fused-ring (bicyclic) bond motifs is 4. The lowest BCUT2D eigenvalue weighted by atomic mass is 9.90. The lowest BCUT2D eigenvalue weighted by Gasteiger charge is -2.40. The minimum Gasteiger partial charge on any atom is -0.444 e. The van der Waals surface area contributed by atoms with Gasteiger partial charge in [-0.2, -0.15) is 0 Å². The number of hydrogen-bond donors (Lipinski definition) is 0. The lowest BCUT2D eigenvalue weighted by molar-refractivity contribution is -0.0427. The van der Waals surface area contributed by atoms with Gasteiger partial charge in [-0.25, -0.2) is 0 Å². The maximum atomic E-state index is 6.70. The largest absolute Gasteiger partial charge is 0.444 e. The number of ether oxygens (including phenoxy) is 2. The van der Waals surface area contributed by atoms with Crippen LogP contribution in [0.4, 0.5) is 0 Å². The Morgan fingerprint density at radius 1 is 0.821 bits per heavy atom. The van der Waals surface area contributed by atoms with Gasteiger partial charge in [0.25, 0.3) is 5.79 Å². The smallest absolute Gasteiger partial charge is 0.294 e. The summed E-state index contributed by atoms with van der Waals surface area (Å²) in [6, 6.07) is 20.8. The number of unbranched alkanes of at least 4 members (excludes halogenated alkanes) is 2. The molecule has 5 rings (SSSR count). The molecule has 140 valence electrons. The fourth-order valence-electron chi connectivity index (χ4n) is 4.14. The zero-order chi connectivity index (χ0) is 19.0. The highest BCUT2D eigenvalue weighted by atomic mass is 16.7. The predicted molar refractivity (Wildman–Crippen MR) is 116 cm³/mol. The Hall–Kier alpha value is -3.00. The molecule has 0 radical (unpaired) electrons. The van der Waals surface area contributed by atoms with Gasteiger partial charge < -0.3 is 9.47 Å². The average Bonchev–Trinajstić information content (AvgIpc) is 2.74. The van der Waals surface area contributed by atoms with Crippen molar-refractivity contribution in [2.75, 3.05) is 0 Å². The highest BCUT2D eigenvalue weighted by Gasteiger charge is 2.42. The molecule has 0 saturated carbocycles. The predicted octanol–water partition coefficient (Wildman–Crippen LogP) is 7.00. The van der Waals surface area contributed by atoms with E-state index in [1.165, 1.54) is 23.8 Å². The molecular formula is C26H24O2. The van der Waals surface area contributed by atoms with Crippen molar-refractivity contribution in [1.29, 1.82) is 0 Å². The quantitative estimate of drug-likeness (QED) is 0.462. The maximum absolute atomic E-state index is 6.70. The third-order valence-corrected chi connectivity index (χ3v) is 5.65.